The molecule has 0 amide bonds. The second-order valence-corrected chi connectivity index (χ2v) is 2.29. The fourth-order valence-electron chi connectivity index (χ4n) is 0.615. The van der Waals surface area contributed by atoms with Crippen LogP contribution < -0.4 is 0 Å². The quantitative estimate of drug-likeness (QED) is 0.432. The van der Waals surface area contributed by atoms with Gasteiger partial charge in [-0.2, -0.15) is 0 Å². The summed E-state index contributed by atoms with van der Waals surface area (Å²) in [5, 5.41) is 0. The zero-order chi connectivity index (χ0) is 7.98. The van der Waals surface area contributed by atoms with Gasteiger partial charge in [0.1, 0.15) is 6.29 Å². The Labute approximate surface area is 60.4 Å². The van der Waals surface area contributed by atoms with E-state index in [1.807, 2.05) is 6.92 Å². The van der Waals surface area contributed by atoms with E-state index < -0.39 is 0 Å². The van der Waals surface area contributed by atoms with Gasteiger partial charge in [-0.15, -0.1) is 0 Å². The first-order chi connectivity index (χ1) is 4.70. The van der Waals surface area contributed by atoms with Crippen LogP contribution in [-0.4, -0.2) is 19.4 Å². The van der Waals surface area contributed by atoms with Gasteiger partial charge in [0.2, 0.25) is 0 Å². The van der Waals surface area contributed by atoms with Crippen molar-refractivity contribution in [3.8, 4) is 0 Å². The average Bonchev–Trinajstić information content (AvgIpc) is 1.88. The minimum absolute atomic E-state index is 0.102. The molecule has 0 bridgehead atoms. The number of aldehydes is 1. The molecule has 0 heterocycles. The van der Waals surface area contributed by atoms with Crippen LogP contribution in [0.1, 0.15) is 19.8 Å². The lowest BCUT2D eigenvalue weighted by atomic mass is 10.1. The molecule has 1 atom stereocenters. The first-order valence-electron chi connectivity index (χ1n) is 3.21. The minimum Gasteiger partial charge on any atom is -0.469 e. The van der Waals surface area contributed by atoms with E-state index in [9.17, 15) is 9.59 Å². The van der Waals surface area contributed by atoms with Gasteiger partial charge in [-0.05, 0) is 5.92 Å². The van der Waals surface area contributed by atoms with E-state index in [0.717, 1.165) is 6.29 Å². The van der Waals surface area contributed by atoms with Crippen molar-refractivity contribution in [3.05, 3.63) is 0 Å². The smallest absolute Gasteiger partial charge is 0.305 e. The lowest BCUT2D eigenvalue weighted by Crippen LogP contribution is -2.07. The van der Waals surface area contributed by atoms with Crippen LogP contribution in [0.2, 0.25) is 0 Å². The topological polar surface area (TPSA) is 43.4 Å². The molecule has 0 aliphatic rings. The van der Waals surface area contributed by atoms with Gasteiger partial charge in [0, 0.05) is 12.8 Å². The fourth-order valence-corrected chi connectivity index (χ4v) is 0.615. The monoisotopic (exact) mass is 144 g/mol. The highest BCUT2D eigenvalue weighted by atomic mass is 16.5. The van der Waals surface area contributed by atoms with Crippen LogP contribution in [0.5, 0.6) is 0 Å². The van der Waals surface area contributed by atoms with Gasteiger partial charge in [-0.1, -0.05) is 6.92 Å². The molecule has 0 aromatic heterocycles. The standard InChI is InChI=1S/C7H12O3/c1-6(3-4-8)5-7(9)10-2/h4,6H,3,5H2,1-2H3/t6-/m0/s1. The SMILES string of the molecule is COC(=O)C[C@@H](C)CC=O. The summed E-state index contributed by atoms with van der Waals surface area (Å²) in [5.41, 5.74) is 0. The summed E-state index contributed by atoms with van der Waals surface area (Å²) >= 11 is 0. The Morgan fingerprint density at radius 2 is 2.30 bits per heavy atom. The molecule has 0 spiro atoms. The van der Waals surface area contributed by atoms with Crippen LogP contribution in [0.4, 0.5) is 0 Å². The molecule has 0 saturated heterocycles. The van der Waals surface area contributed by atoms with Gasteiger partial charge in [-0.25, -0.2) is 0 Å². The van der Waals surface area contributed by atoms with Crippen molar-refractivity contribution in [3.63, 3.8) is 0 Å². The second kappa shape index (κ2) is 4.97. The van der Waals surface area contributed by atoms with E-state index in [-0.39, 0.29) is 11.9 Å². The summed E-state index contributed by atoms with van der Waals surface area (Å²) in [5.74, 6) is -0.153. The Morgan fingerprint density at radius 3 is 2.70 bits per heavy atom. The zero-order valence-corrected chi connectivity index (χ0v) is 6.29. The molecule has 3 heteroatoms. The number of carbonyl (C=O) groups excluding carboxylic acids is 2. The molecule has 0 aromatic carbocycles. The first-order valence-corrected chi connectivity index (χ1v) is 3.21. The molecule has 10 heavy (non-hydrogen) atoms. The molecular weight excluding hydrogens is 132 g/mol. The van der Waals surface area contributed by atoms with Gasteiger partial charge in [0.25, 0.3) is 0 Å². The van der Waals surface area contributed by atoms with Gasteiger partial charge < -0.3 is 9.53 Å². The summed E-state index contributed by atoms with van der Waals surface area (Å²) in [6, 6.07) is 0. The summed E-state index contributed by atoms with van der Waals surface area (Å²) in [6.45, 7) is 1.84. The second-order valence-electron chi connectivity index (χ2n) is 2.29. The lowest BCUT2D eigenvalue weighted by Gasteiger charge is -2.03. The maximum absolute atomic E-state index is 10.6. The largest absolute Gasteiger partial charge is 0.469 e. The summed E-state index contributed by atoms with van der Waals surface area (Å²) in [7, 11) is 1.34. The van der Waals surface area contributed by atoms with Crippen molar-refractivity contribution in [2.24, 2.45) is 5.92 Å². The van der Waals surface area contributed by atoms with Crippen LogP contribution in [0, 0.1) is 5.92 Å². The van der Waals surface area contributed by atoms with Crippen molar-refractivity contribution in [2.45, 2.75) is 19.8 Å². The molecule has 0 radical (unpaired) electrons. The maximum atomic E-state index is 10.6. The predicted molar refractivity (Wildman–Crippen MR) is 36.5 cm³/mol. The molecule has 0 aliphatic heterocycles. The minimum atomic E-state index is -0.255. The molecule has 0 aromatic rings. The van der Waals surface area contributed by atoms with E-state index in [1.165, 1.54) is 7.11 Å². The number of methoxy groups -OCH3 is 1. The molecule has 0 unspecified atom stereocenters. The number of ether oxygens (including phenoxy) is 1. The Hall–Kier alpha value is -0.860. The predicted octanol–water partition coefficient (Wildman–Crippen LogP) is 0.775. The van der Waals surface area contributed by atoms with Crippen LogP contribution in [0.3, 0.4) is 0 Å². The normalized spacial score (nSPS) is 12.2. The number of carbonyl (C=O) groups is 2. The summed E-state index contributed by atoms with van der Waals surface area (Å²) in [6.07, 6.45) is 1.57. The summed E-state index contributed by atoms with van der Waals surface area (Å²) < 4.78 is 4.41. The Bertz CT molecular complexity index is 120. The highest BCUT2D eigenvalue weighted by molar-refractivity contribution is 5.69. The van der Waals surface area contributed by atoms with Crippen molar-refractivity contribution in [2.75, 3.05) is 7.11 Å². The first kappa shape index (κ1) is 9.14. The molecule has 0 saturated carbocycles. The van der Waals surface area contributed by atoms with Crippen molar-refractivity contribution >= 4 is 12.3 Å². The molecule has 0 rings (SSSR count). The number of hydrogen-bond donors (Lipinski definition) is 0. The number of hydrogen-bond acceptors (Lipinski definition) is 3. The Kier molecular flexibility index (Phi) is 4.54. The molecule has 0 N–H and O–H groups in total. The van der Waals surface area contributed by atoms with E-state index in [2.05, 4.69) is 4.74 Å². The third-order valence-electron chi connectivity index (χ3n) is 1.24. The van der Waals surface area contributed by atoms with E-state index in [4.69, 9.17) is 0 Å². The number of esters is 1. The molecule has 0 aliphatic carbocycles. The van der Waals surface area contributed by atoms with Crippen LogP contribution >= 0.6 is 0 Å². The van der Waals surface area contributed by atoms with E-state index in [0.29, 0.717) is 12.8 Å². The van der Waals surface area contributed by atoms with Crippen molar-refractivity contribution in [1.82, 2.24) is 0 Å². The van der Waals surface area contributed by atoms with Crippen LogP contribution in [0.15, 0.2) is 0 Å². The Balaban J connectivity index is 3.46. The lowest BCUT2D eigenvalue weighted by molar-refractivity contribution is -0.141. The van der Waals surface area contributed by atoms with Gasteiger partial charge >= 0.3 is 5.97 Å². The van der Waals surface area contributed by atoms with Crippen LogP contribution in [-0.2, 0) is 14.3 Å². The molecular formula is C7H12O3. The molecule has 58 valence electrons. The highest BCUT2D eigenvalue weighted by Crippen LogP contribution is 2.05. The van der Waals surface area contributed by atoms with E-state index in [1.54, 1.807) is 0 Å². The van der Waals surface area contributed by atoms with Crippen molar-refractivity contribution in [1.29, 1.82) is 0 Å². The van der Waals surface area contributed by atoms with Crippen LogP contribution in [0.25, 0.3) is 0 Å². The highest BCUT2D eigenvalue weighted by Gasteiger charge is 2.07. The third-order valence-corrected chi connectivity index (χ3v) is 1.24. The maximum Gasteiger partial charge on any atom is 0.305 e. The average molecular weight is 144 g/mol. The summed E-state index contributed by atoms with van der Waals surface area (Å²) in [4.78, 5) is 20.5. The Morgan fingerprint density at radius 1 is 1.70 bits per heavy atom. The fraction of sp³-hybridized carbons (Fsp3) is 0.714. The van der Waals surface area contributed by atoms with E-state index >= 15 is 0 Å². The number of rotatable bonds is 4. The van der Waals surface area contributed by atoms with Gasteiger partial charge in [0.15, 0.2) is 0 Å². The zero-order valence-electron chi connectivity index (χ0n) is 6.29. The molecule has 0 fully saturated rings. The van der Waals surface area contributed by atoms with Gasteiger partial charge in [-0.3, -0.25) is 4.79 Å². The van der Waals surface area contributed by atoms with Crippen molar-refractivity contribution < 1.29 is 14.3 Å². The van der Waals surface area contributed by atoms with Gasteiger partial charge in [0.05, 0.1) is 7.11 Å². The third kappa shape index (κ3) is 4.06. The molecule has 3 nitrogen and oxygen atoms in total.